The number of oxime groups is 1. The molecule has 0 bridgehead atoms. The normalized spacial score (nSPS) is 33.1. The first-order valence-electron chi connectivity index (χ1n) is 6.59. The summed E-state index contributed by atoms with van der Waals surface area (Å²) in [7, 11) is -4.89. The van der Waals surface area contributed by atoms with Crippen molar-refractivity contribution in [3.63, 3.8) is 0 Å². The van der Waals surface area contributed by atoms with Crippen molar-refractivity contribution >= 4 is 27.2 Å². The van der Waals surface area contributed by atoms with E-state index in [1.807, 2.05) is 0 Å². The maximum Gasteiger partial charge on any atom is 0.466 e. The third-order valence-electron chi connectivity index (χ3n) is 2.99. The molecule has 6 atom stereocenters. The molecule has 1 saturated heterocycles. The topological polar surface area (TPSA) is 186 Å². The Kier molecular flexibility index (Phi) is 8.04. The zero-order valence-electron chi connectivity index (χ0n) is 12.2. The van der Waals surface area contributed by atoms with Crippen molar-refractivity contribution in [2.75, 3.05) is 6.61 Å². The lowest BCUT2D eigenvalue weighted by molar-refractivity contribution is -0.205. The van der Waals surface area contributed by atoms with Gasteiger partial charge in [0, 0.05) is 6.42 Å². The van der Waals surface area contributed by atoms with E-state index in [1.165, 1.54) is 0 Å². The van der Waals surface area contributed by atoms with Crippen LogP contribution in [0.5, 0.6) is 0 Å². The Hall–Kier alpha value is -0.770. The van der Waals surface area contributed by atoms with Crippen LogP contribution in [0.4, 0.5) is 0 Å². The highest BCUT2D eigenvalue weighted by Gasteiger charge is 2.44. The molecule has 1 rings (SSSR count). The summed E-state index contributed by atoms with van der Waals surface area (Å²) < 4.78 is 38.8. The Morgan fingerprint density at radius 3 is 2.46 bits per heavy atom. The van der Waals surface area contributed by atoms with Gasteiger partial charge in [-0.05, 0) is 0 Å². The standard InChI is InChI=1S/C11H19NO10S2/c1-2-5(14)3-7(12-22-24(18,19)20)23-11-10(17)9(16)8(15)6(4-13)21-11/h2,5-6,8-11,13-17H,1,3-4H2,(H,18,19,20)/b12-7-/t5-,6-,8-,9-,10+,11+/m0/s1. The molecule has 1 aliphatic rings. The van der Waals surface area contributed by atoms with Gasteiger partial charge in [0.1, 0.15) is 34.9 Å². The first-order chi connectivity index (χ1) is 11.1. The van der Waals surface area contributed by atoms with Crippen LogP contribution in [0.1, 0.15) is 6.42 Å². The lowest BCUT2D eigenvalue weighted by Crippen LogP contribution is -2.57. The fraction of sp³-hybridized carbons (Fsp3) is 0.727. The van der Waals surface area contributed by atoms with Crippen molar-refractivity contribution in [1.29, 1.82) is 0 Å². The van der Waals surface area contributed by atoms with Crippen molar-refractivity contribution in [1.82, 2.24) is 0 Å². The minimum Gasteiger partial charge on any atom is -0.394 e. The van der Waals surface area contributed by atoms with Gasteiger partial charge >= 0.3 is 10.4 Å². The van der Waals surface area contributed by atoms with Gasteiger partial charge in [-0.3, -0.25) is 4.55 Å². The van der Waals surface area contributed by atoms with E-state index in [0.717, 1.165) is 6.08 Å². The van der Waals surface area contributed by atoms with E-state index in [9.17, 15) is 28.8 Å². The van der Waals surface area contributed by atoms with E-state index < -0.39 is 53.0 Å². The van der Waals surface area contributed by atoms with Gasteiger partial charge in [-0.2, -0.15) is 8.42 Å². The Morgan fingerprint density at radius 1 is 1.33 bits per heavy atom. The van der Waals surface area contributed by atoms with E-state index >= 15 is 0 Å². The molecule has 0 unspecified atom stereocenters. The SMILES string of the molecule is C=C[C@H](O)C/C(=N/OS(=O)(=O)O)S[C@H]1O[C@@H](CO)[C@H](O)[C@H](O)[C@H]1O. The van der Waals surface area contributed by atoms with E-state index in [-0.39, 0.29) is 11.5 Å². The summed E-state index contributed by atoms with van der Waals surface area (Å²) >= 11 is 0.570. The number of hydrogen-bond acceptors (Lipinski definition) is 11. The molecule has 0 aromatic carbocycles. The molecule has 6 N–H and O–H groups in total. The molecule has 1 fully saturated rings. The maximum absolute atomic E-state index is 10.6. The van der Waals surface area contributed by atoms with Crippen LogP contribution in [0.2, 0.25) is 0 Å². The number of aliphatic hydroxyl groups excluding tert-OH is 5. The molecule has 0 aromatic heterocycles. The van der Waals surface area contributed by atoms with Crippen LogP contribution in [0, 0.1) is 0 Å². The molecule has 13 heteroatoms. The third kappa shape index (κ3) is 6.27. The Balaban J connectivity index is 2.92. The highest BCUT2D eigenvalue weighted by molar-refractivity contribution is 8.14. The first kappa shape index (κ1) is 21.3. The van der Waals surface area contributed by atoms with Crippen LogP contribution in [0.3, 0.4) is 0 Å². The van der Waals surface area contributed by atoms with Gasteiger partial charge in [0.2, 0.25) is 0 Å². The van der Waals surface area contributed by atoms with Gasteiger partial charge in [-0.25, -0.2) is 4.28 Å². The van der Waals surface area contributed by atoms with Gasteiger partial charge in [0.25, 0.3) is 0 Å². The minimum atomic E-state index is -4.89. The van der Waals surface area contributed by atoms with Crippen LogP contribution < -0.4 is 0 Å². The molecule has 0 aliphatic carbocycles. The largest absolute Gasteiger partial charge is 0.466 e. The first-order valence-corrected chi connectivity index (χ1v) is 8.84. The Morgan fingerprint density at radius 2 is 1.96 bits per heavy atom. The van der Waals surface area contributed by atoms with Gasteiger partial charge in [0.15, 0.2) is 0 Å². The van der Waals surface area contributed by atoms with E-state index in [4.69, 9.17) is 14.4 Å². The number of nitrogens with zero attached hydrogens (tertiary/aromatic N) is 1. The predicted molar refractivity (Wildman–Crippen MR) is 82.2 cm³/mol. The summed E-state index contributed by atoms with van der Waals surface area (Å²) in [5.41, 5.74) is -1.26. The zero-order valence-corrected chi connectivity index (χ0v) is 13.9. The fourth-order valence-corrected chi connectivity index (χ4v) is 3.10. The Bertz CT molecular complexity index is 551. The van der Waals surface area contributed by atoms with Gasteiger partial charge in [-0.15, -0.1) is 6.58 Å². The van der Waals surface area contributed by atoms with Crippen molar-refractivity contribution < 1.29 is 47.5 Å². The summed E-state index contributed by atoms with van der Waals surface area (Å²) in [5, 5.41) is 50.8. The molecular weight excluding hydrogens is 370 g/mol. The molecular formula is C11H19NO10S2. The summed E-state index contributed by atoms with van der Waals surface area (Å²) in [6, 6.07) is 0. The highest BCUT2D eigenvalue weighted by atomic mass is 32.3. The number of thioether (sulfide) groups is 1. The second kappa shape index (κ2) is 9.07. The molecule has 0 spiro atoms. The number of hydrogen-bond donors (Lipinski definition) is 6. The smallest absolute Gasteiger partial charge is 0.394 e. The van der Waals surface area contributed by atoms with Crippen LogP contribution in [0.25, 0.3) is 0 Å². The fourth-order valence-electron chi connectivity index (χ4n) is 1.76. The predicted octanol–water partition coefficient (Wildman–Crippen LogP) is -2.41. The van der Waals surface area contributed by atoms with Gasteiger partial charge in [0.05, 0.1) is 12.7 Å². The lowest BCUT2D eigenvalue weighted by atomic mass is 10.0. The average molecular weight is 389 g/mol. The monoisotopic (exact) mass is 389 g/mol. The van der Waals surface area contributed by atoms with Crippen molar-refractivity contribution in [2.24, 2.45) is 5.16 Å². The van der Waals surface area contributed by atoms with Crippen molar-refractivity contribution in [2.45, 2.75) is 42.4 Å². The summed E-state index contributed by atoms with van der Waals surface area (Å²) in [6.45, 7) is 2.67. The molecule has 1 aliphatic heterocycles. The quantitative estimate of drug-likeness (QED) is 0.0895. The number of rotatable bonds is 7. The summed E-state index contributed by atoms with van der Waals surface area (Å²) in [4.78, 5) is 0. The highest BCUT2D eigenvalue weighted by Crippen LogP contribution is 2.30. The number of ether oxygens (including phenoxy) is 1. The zero-order chi connectivity index (χ0) is 18.5. The van der Waals surface area contributed by atoms with Crippen molar-refractivity contribution in [3.05, 3.63) is 12.7 Å². The van der Waals surface area contributed by atoms with Crippen LogP contribution in [-0.4, -0.2) is 86.1 Å². The average Bonchev–Trinajstić information content (AvgIpc) is 2.52. The molecule has 0 aromatic rings. The van der Waals surface area contributed by atoms with E-state index in [0.29, 0.717) is 11.8 Å². The molecule has 1 heterocycles. The second-order valence-corrected chi connectivity index (χ2v) is 6.99. The Labute approximate surface area is 142 Å². The maximum atomic E-state index is 10.6. The summed E-state index contributed by atoms with van der Waals surface area (Å²) in [5.74, 6) is 0. The molecule has 24 heavy (non-hydrogen) atoms. The molecule has 140 valence electrons. The van der Waals surface area contributed by atoms with Crippen LogP contribution in [-0.2, 0) is 19.4 Å². The van der Waals surface area contributed by atoms with E-state index in [1.54, 1.807) is 0 Å². The van der Waals surface area contributed by atoms with Gasteiger partial charge in [-0.1, -0.05) is 23.0 Å². The van der Waals surface area contributed by atoms with E-state index in [2.05, 4.69) is 16.0 Å². The molecule has 0 saturated carbocycles. The van der Waals surface area contributed by atoms with Crippen LogP contribution >= 0.6 is 11.8 Å². The second-order valence-electron chi connectivity index (χ2n) is 4.81. The number of aliphatic hydroxyl groups is 5. The third-order valence-corrected chi connectivity index (χ3v) is 4.39. The summed E-state index contributed by atoms with van der Waals surface area (Å²) in [6.07, 6.45) is -6.29. The molecule has 11 nitrogen and oxygen atoms in total. The van der Waals surface area contributed by atoms with Crippen LogP contribution in [0.15, 0.2) is 17.8 Å². The lowest BCUT2D eigenvalue weighted by Gasteiger charge is -2.39. The molecule has 0 amide bonds. The molecule has 0 radical (unpaired) electrons. The minimum absolute atomic E-state index is 0.218. The van der Waals surface area contributed by atoms with Crippen molar-refractivity contribution in [3.8, 4) is 0 Å². The van der Waals surface area contributed by atoms with Gasteiger partial charge < -0.3 is 30.3 Å².